The van der Waals surface area contributed by atoms with E-state index in [-0.39, 0.29) is 5.91 Å². The first-order chi connectivity index (χ1) is 11.7. The first-order valence-electron chi connectivity index (χ1n) is 8.67. The van der Waals surface area contributed by atoms with E-state index < -0.39 is 0 Å². The molecule has 1 amide bonds. The first-order valence-corrected chi connectivity index (χ1v) is 9.49. The summed E-state index contributed by atoms with van der Waals surface area (Å²) in [5, 5.41) is 0. The number of aromatic nitrogens is 1. The molecule has 0 radical (unpaired) electrons. The largest absolute Gasteiger partial charge is 0.486 e. The second kappa shape index (κ2) is 6.59. The predicted molar refractivity (Wildman–Crippen MR) is 93.5 cm³/mol. The summed E-state index contributed by atoms with van der Waals surface area (Å²) in [5.41, 5.74) is 1.02. The van der Waals surface area contributed by atoms with Crippen molar-refractivity contribution in [2.24, 2.45) is 18.0 Å². The molecular weight excluding hydrogens is 324 g/mol. The highest BCUT2D eigenvalue weighted by Gasteiger charge is 2.17. The average molecular weight is 346 g/mol. The van der Waals surface area contributed by atoms with Gasteiger partial charge in [0.1, 0.15) is 13.2 Å². The lowest BCUT2D eigenvalue weighted by Gasteiger charge is -2.18. The van der Waals surface area contributed by atoms with Crippen molar-refractivity contribution in [2.75, 3.05) is 13.2 Å². The molecule has 2 aromatic rings. The first kappa shape index (κ1) is 15.7. The van der Waals surface area contributed by atoms with Crippen molar-refractivity contribution in [3.05, 3.63) is 16.9 Å². The van der Waals surface area contributed by atoms with E-state index in [4.69, 9.17) is 9.47 Å². The van der Waals surface area contributed by atoms with Gasteiger partial charge in [-0.25, -0.2) is 0 Å². The van der Waals surface area contributed by atoms with E-state index in [9.17, 15) is 4.79 Å². The maximum absolute atomic E-state index is 12.2. The molecule has 0 atom stereocenters. The van der Waals surface area contributed by atoms with Crippen molar-refractivity contribution in [3.8, 4) is 11.5 Å². The maximum atomic E-state index is 12.2. The van der Waals surface area contributed by atoms with Gasteiger partial charge in [-0.15, -0.1) is 0 Å². The Bertz CT molecular complexity index is 831. The highest BCUT2D eigenvalue weighted by molar-refractivity contribution is 7.16. The molecule has 0 saturated heterocycles. The molecule has 0 unspecified atom stereocenters. The fraction of sp³-hybridized carbons (Fsp3) is 0.556. The van der Waals surface area contributed by atoms with Gasteiger partial charge in [0.25, 0.3) is 0 Å². The van der Waals surface area contributed by atoms with Crippen LogP contribution in [-0.4, -0.2) is 23.7 Å². The second-order valence-corrected chi connectivity index (χ2v) is 7.61. The Morgan fingerprint density at radius 2 is 1.96 bits per heavy atom. The number of thiazole rings is 1. The summed E-state index contributed by atoms with van der Waals surface area (Å²) in [6.07, 6.45) is 6.71. The molecule has 0 N–H and O–H groups in total. The number of nitrogens with zero attached hydrogens (tertiary/aromatic N) is 2. The molecular formula is C18H22N2O3S. The topological polar surface area (TPSA) is 52.8 Å². The number of amides is 1. The number of ether oxygens (including phenoxy) is 2. The summed E-state index contributed by atoms with van der Waals surface area (Å²) < 4.78 is 14.3. The molecule has 1 aromatic carbocycles. The SMILES string of the molecule is Cn1c(=NC(=O)CCC2CCCC2)sc2cc3c(cc21)OCCO3. The van der Waals surface area contributed by atoms with E-state index >= 15 is 0 Å². The zero-order valence-electron chi connectivity index (χ0n) is 13.9. The molecule has 1 saturated carbocycles. The molecule has 1 fully saturated rings. The number of aryl methyl sites for hydroxylation is 1. The third-order valence-electron chi connectivity index (χ3n) is 4.93. The maximum Gasteiger partial charge on any atom is 0.248 e. The van der Waals surface area contributed by atoms with Gasteiger partial charge >= 0.3 is 0 Å². The van der Waals surface area contributed by atoms with Crippen molar-refractivity contribution < 1.29 is 14.3 Å². The molecule has 0 bridgehead atoms. The van der Waals surface area contributed by atoms with Gasteiger partial charge in [0.2, 0.25) is 5.91 Å². The van der Waals surface area contributed by atoms with Crippen LogP contribution in [0.25, 0.3) is 10.2 Å². The van der Waals surface area contributed by atoms with Crippen LogP contribution in [0.15, 0.2) is 17.1 Å². The number of hydrogen-bond donors (Lipinski definition) is 0. The van der Waals surface area contributed by atoms with Gasteiger partial charge < -0.3 is 14.0 Å². The van der Waals surface area contributed by atoms with Crippen LogP contribution in [-0.2, 0) is 11.8 Å². The van der Waals surface area contributed by atoms with Crippen LogP contribution in [0.1, 0.15) is 38.5 Å². The third-order valence-corrected chi connectivity index (χ3v) is 6.03. The Balaban J connectivity index is 1.58. The van der Waals surface area contributed by atoms with Crippen molar-refractivity contribution in [1.29, 1.82) is 0 Å². The van der Waals surface area contributed by atoms with Crippen LogP contribution in [0.2, 0.25) is 0 Å². The van der Waals surface area contributed by atoms with Gasteiger partial charge in [0.05, 0.1) is 10.2 Å². The van der Waals surface area contributed by atoms with Crippen LogP contribution >= 0.6 is 11.3 Å². The lowest BCUT2D eigenvalue weighted by Crippen LogP contribution is -2.15. The van der Waals surface area contributed by atoms with Gasteiger partial charge in [0, 0.05) is 25.6 Å². The Hall–Kier alpha value is -1.82. The smallest absolute Gasteiger partial charge is 0.248 e. The summed E-state index contributed by atoms with van der Waals surface area (Å²) in [6.45, 7) is 1.15. The van der Waals surface area contributed by atoms with E-state index in [1.165, 1.54) is 37.0 Å². The van der Waals surface area contributed by atoms with Crippen LogP contribution in [0, 0.1) is 5.92 Å². The number of benzene rings is 1. The van der Waals surface area contributed by atoms with Crippen molar-refractivity contribution in [1.82, 2.24) is 4.57 Å². The molecule has 1 aromatic heterocycles. The molecule has 0 spiro atoms. The van der Waals surface area contributed by atoms with Crippen LogP contribution in [0.3, 0.4) is 0 Å². The average Bonchev–Trinajstić information content (AvgIpc) is 3.20. The van der Waals surface area contributed by atoms with Crippen molar-refractivity contribution in [3.63, 3.8) is 0 Å². The van der Waals surface area contributed by atoms with Gasteiger partial charge in [-0.2, -0.15) is 4.99 Å². The second-order valence-electron chi connectivity index (χ2n) is 6.60. The van der Waals surface area contributed by atoms with E-state index in [2.05, 4.69) is 4.99 Å². The van der Waals surface area contributed by atoms with Crippen LogP contribution in [0.4, 0.5) is 0 Å². The summed E-state index contributed by atoms with van der Waals surface area (Å²) in [4.78, 5) is 17.3. The Kier molecular flexibility index (Phi) is 4.31. The minimum atomic E-state index is -0.0127. The summed E-state index contributed by atoms with van der Waals surface area (Å²) >= 11 is 1.52. The molecule has 128 valence electrons. The van der Waals surface area contributed by atoms with Crippen molar-refractivity contribution in [2.45, 2.75) is 38.5 Å². The summed E-state index contributed by atoms with van der Waals surface area (Å²) in [5.74, 6) is 2.25. The minimum absolute atomic E-state index is 0.0127. The van der Waals surface area contributed by atoms with Crippen LogP contribution < -0.4 is 14.3 Å². The van der Waals surface area contributed by atoms with Gasteiger partial charge in [0.15, 0.2) is 16.3 Å². The van der Waals surface area contributed by atoms with Gasteiger partial charge in [-0.05, 0) is 12.3 Å². The zero-order valence-corrected chi connectivity index (χ0v) is 14.7. The number of carbonyl (C=O) groups excluding carboxylic acids is 1. The monoisotopic (exact) mass is 346 g/mol. The molecule has 1 aliphatic heterocycles. The Morgan fingerprint density at radius 1 is 1.25 bits per heavy atom. The summed E-state index contributed by atoms with van der Waals surface area (Å²) in [7, 11) is 1.94. The van der Waals surface area contributed by atoms with Crippen LogP contribution in [0.5, 0.6) is 11.5 Å². The number of fused-ring (bicyclic) bond motifs is 2. The molecule has 5 nitrogen and oxygen atoms in total. The fourth-order valence-corrected chi connectivity index (χ4v) is 4.61. The predicted octanol–water partition coefficient (Wildman–Crippen LogP) is 3.41. The molecule has 2 heterocycles. The lowest BCUT2D eigenvalue weighted by molar-refractivity contribution is -0.118. The third kappa shape index (κ3) is 3.07. The van der Waals surface area contributed by atoms with Gasteiger partial charge in [-0.1, -0.05) is 37.0 Å². The molecule has 1 aliphatic carbocycles. The highest BCUT2D eigenvalue weighted by Crippen LogP contribution is 2.35. The van der Waals surface area contributed by atoms with E-state index in [0.29, 0.717) is 19.6 Å². The molecule has 6 heteroatoms. The minimum Gasteiger partial charge on any atom is -0.486 e. The Morgan fingerprint density at radius 3 is 2.71 bits per heavy atom. The lowest BCUT2D eigenvalue weighted by atomic mass is 10.0. The zero-order chi connectivity index (χ0) is 16.5. The molecule has 2 aliphatic rings. The quantitative estimate of drug-likeness (QED) is 0.856. The number of hydrogen-bond acceptors (Lipinski definition) is 4. The highest BCUT2D eigenvalue weighted by atomic mass is 32.1. The molecule has 24 heavy (non-hydrogen) atoms. The molecule has 4 rings (SSSR count). The normalized spacial score (nSPS) is 18.5. The number of carbonyl (C=O) groups is 1. The number of rotatable bonds is 3. The standard InChI is InChI=1S/C18H22N2O3S/c1-20-13-10-14-15(23-9-8-22-14)11-16(13)24-18(20)19-17(21)7-6-12-4-2-3-5-12/h10-12H,2-9H2,1H3. The Labute approximate surface area is 144 Å². The van der Waals surface area contributed by atoms with Crippen molar-refractivity contribution >= 4 is 27.5 Å². The summed E-state index contributed by atoms with van der Waals surface area (Å²) in [6, 6.07) is 3.96. The van der Waals surface area contributed by atoms with Gasteiger partial charge in [-0.3, -0.25) is 4.79 Å². The van der Waals surface area contributed by atoms with E-state index in [1.54, 1.807) is 0 Å². The van der Waals surface area contributed by atoms with E-state index in [1.807, 2.05) is 23.7 Å². The van der Waals surface area contributed by atoms with E-state index in [0.717, 1.165) is 38.9 Å². The fourth-order valence-electron chi connectivity index (χ4n) is 3.56.